The van der Waals surface area contributed by atoms with E-state index in [9.17, 15) is 4.79 Å². The number of hydrogen-bond donors (Lipinski definition) is 1. The zero-order chi connectivity index (χ0) is 15.4. The summed E-state index contributed by atoms with van der Waals surface area (Å²) in [5, 5.41) is 4.35. The summed E-state index contributed by atoms with van der Waals surface area (Å²) in [6, 6.07) is 0.419. The molecule has 0 aromatic carbocycles. The van der Waals surface area contributed by atoms with Crippen molar-refractivity contribution in [2.45, 2.75) is 52.1 Å². The summed E-state index contributed by atoms with van der Waals surface area (Å²) in [7, 11) is 0. The fourth-order valence-electron chi connectivity index (χ4n) is 2.94. The van der Waals surface area contributed by atoms with Crippen molar-refractivity contribution < 1.29 is 0 Å². The maximum atomic E-state index is 12.4. The van der Waals surface area contributed by atoms with Gasteiger partial charge in [0.1, 0.15) is 4.47 Å². The summed E-state index contributed by atoms with van der Waals surface area (Å²) >= 11 is 3.49. The normalized spacial score (nSPS) is 19.3. The fraction of sp³-hybridized carbons (Fsp3) is 0.733. The van der Waals surface area contributed by atoms with E-state index < -0.39 is 0 Å². The number of anilines is 1. The van der Waals surface area contributed by atoms with Crippen LogP contribution in [0.2, 0.25) is 0 Å². The summed E-state index contributed by atoms with van der Waals surface area (Å²) in [6.45, 7) is 6.45. The van der Waals surface area contributed by atoms with E-state index in [2.05, 4.69) is 39.8 Å². The first-order valence-corrected chi connectivity index (χ1v) is 8.56. The molecule has 0 saturated carbocycles. The van der Waals surface area contributed by atoms with Gasteiger partial charge in [-0.05, 0) is 54.1 Å². The molecule has 1 aliphatic heterocycles. The fourth-order valence-corrected chi connectivity index (χ4v) is 3.48. The first-order valence-electron chi connectivity index (χ1n) is 7.77. The predicted molar refractivity (Wildman–Crippen MR) is 89.7 cm³/mol. The van der Waals surface area contributed by atoms with Gasteiger partial charge in [-0.2, -0.15) is 5.10 Å². The third kappa shape index (κ3) is 3.86. The maximum absolute atomic E-state index is 12.4. The minimum atomic E-state index is -0.0433. The predicted octanol–water partition coefficient (Wildman–Crippen LogP) is 2.37. The second-order valence-corrected chi connectivity index (χ2v) is 6.94. The van der Waals surface area contributed by atoms with Crippen LogP contribution in [0.4, 0.5) is 5.69 Å². The summed E-state index contributed by atoms with van der Waals surface area (Å²) in [5.74, 6) is 0.396. The lowest BCUT2D eigenvalue weighted by atomic mass is 9.99. The Labute approximate surface area is 134 Å². The molecule has 6 heteroatoms. The van der Waals surface area contributed by atoms with Crippen LogP contribution in [0.1, 0.15) is 39.5 Å². The molecule has 1 aromatic heterocycles. The molecule has 118 valence electrons. The summed E-state index contributed by atoms with van der Waals surface area (Å²) in [5.41, 5.74) is 6.60. The van der Waals surface area contributed by atoms with E-state index in [1.807, 2.05) is 6.20 Å². The molecule has 1 unspecified atom stereocenters. The highest BCUT2D eigenvalue weighted by Crippen LogP contribution is 2.29. The van der Waals surface area contributed by atoms with E-state index in [1.165, 1.54) is 6.42 Å². The highest BCUT2D eigenvalue weighted by Gasteiger charge is 2.25. The average Bonchev–Trinajstić information content (AvgIpc) is 2.45. The largest absolute Gasteiger partial charge is 0.366 e. The van der Waals surface area contributed by atoms with Crippen LogP contribution in [-0.4, -0.2) is 28.9 Å². The number of halogens is 1. The van der Waals surface area contributed by atoms with E-state index in [1.54, 1.807) is 4.68 Å². The van der Waals surface area contributed by atoms with Crippen LogP contribution < -0.4 is 16.2 Å². The van der Waals surface area contributed by atoms with Gasteiger partial charge in [0.25, 0.3) is 5.56 Å². The zero-order valence-electron chi connectivity index (χ0n) is 12.9. The Kier molecular flexibility index (Phi) is 5.81. The van der Waals surface area contributed by atoms with Crippen molar-refractivity contribution in [2.24, 2.45) is 11.7 Å². The summed E-state index contributed by atoms with van der Waals surface area (Å²) in [4.78, 5) is 14.7. The number of nitrogens with zero attached hydrogens (tertiary/aromatic N) is 3. The van der Waals surface area contributed by atoms with Gasteiger partial charge in [0.15, 0.2) is 0 Å². The Morgan fingerprint density at radius 2 is 2.24 bits per heavy atom. The molecule has 1 saturated heterocycles. The van der Waals surface area contributed by atoms with Gasteiger partial charge in [0.05, 0.1) is 11.9 Å². The minimum absolute atomic E-state index is 0.0433. The van der Waals surface area contributed by atoms with E-state index in [0.29, 0.717) is 29.5 Å². The number of rotatable bonds is 5. The molecular weight excluding hydrogens is 332 g/mol. The van der Waals surface area contributed by atoms with Crippen LogP contribution in [0.3, 0.4) is 0 Å². The molecular formula is C15H25BrN4O. The van der Waals surface area contributed by atoms with E-state index in [0.717, 1.165) is 31.5 Å². The molecule has 5 nitrogen and oxygen atoms in total. The van der Waals surface area contributed by atoms with Crippen LogP contribution in [-0.2, 0) is 6.54 Å². The van der Waals surface area contributed by atoms with Gasteiger partial charge < -0.3 is 10.6 Å². The number of aromatic nitrogens is 2. The molecule has 0 aliphatic carbocycles. The maximum Gasteiger partial charge on any atom is 0.283 e. The van der Waals surface area contributed by atoms with Crippen molar-refractivity contribution in [1.29, 1.82) is 0 Å². The molecule has 0 amide bonds. The van der Waals surface area contributed by atoms with Crippen LogP contribution >= 0.6 is 15.9 Å². The number of nitrogens with two attached hydrogens (primary N) is 1. The van der Waals surface area contributed by atoms with Gasteiger partial charge in [-0.1, -0.05) is 13.8 Å². The quantitative estimate of drug-likeness (QED) is 0.879. The van der Waals surface area contributed by atoms with Crippen molar-refractivity contribution in [3.63, 3.8) is 0 Å². The second kappa shape index (κ2) is 7.40. The lowest BCUT2D eigenvalue weighted by Crippen LogP contribution is -2.42. The molecule has 1 aromatic rings. The third-order valence-corrected chi connectivity index (χ3v) is 4.69. The standard InChI is InChI=1S/C15H25BrN4O/c1-11(2)10-20-15(21)14(16)13(9-18-20)19-8-4-3-5-12(19)6-7-17/h9,11-12H,3-8,10,17H2,1-2H3. The second-order valence-electron chi connectivity index (χ2n) is 6.15. The topological polar surface area (TPSA) is 64.2 Å². The Morgan fingerprint density at radius 1 is 1.48 bits per heavy atom. The van der Waals surface area contributed by atoms with Gasteiger partial charge in [-0.3, -0.25) is 4.79 Å². The van der Waals surface area contributed by atoms with Crippen molar-refractivity contribution in [2.75, 3.05) is 18.0 Å². The molecule has 0 radical (unpaired) electrons. The van der Waals surface area contributed by atoms with Gasteiger partial charge in [0, 0.05) is 19.1 Å². The monoisotopic (exact) mass is 356 g/mol. The lowest BCUT2D eigenvalue weighted by molar-refractivity contribution is 0.435. The van der Waals surface area contributed by atoms with Gasteiger partial charge in [-0.25, -0.2) is 4.68 Å². The first kappa shape index (κ1) is 16.5. The highest BCUT2D eigenvalue weighted by atomic mass is 79.9. The zero-order valence-corrected chi connectivity index (χ0v) is 14.5. The molecule has 1 aliphatic rings. The van der Waals surface area contributed by atoms with Crippen molar-refractivity contribution >= 4 is 21.6 Å². The first-order chi connectivity index (χ1) is 10.0. The van der Waals surface area contributed by atoms with Crippen molar-refractivity contribution in [1.82, 2.24) is 9.78 Å². The summed E-state index contributed by atoms with van der Waals surface area (Å²) < 4.78 is 2.17. The number of hydrogen-bond acceptors (Lipinski definition) is 4. The molecule has 2 rings (SSSR count). The molecule has 1 fully saturated rings. The van der Waals surface area contributed by atoms with Crippen LogP contribution in [0, 0.1) is 5.92 Å². The molecule has 0 bridgehead atoms. The Morgan fingerprint density at radius 3 is 2.90 bits per heavy atom. The summed E-state index contributed by atoms with van der Waals surface area (Å²) in [6.07, 6.45) is 6.31. The van der Waals surface area contributed by atoms with Crippen molar-refractivity contribution in [3.8, 4) is 0 Å². The smallest absolute Gasteiger partial charge is 0.283 e. The Balaban J connectivity index is 2.30. The third-order valence-electron chi connectivity index (χ3n) is 3.94. The minimum Gasteiger partial charge on any atom is -0.366 e. The van der Waals surface area contributed by atoms with Crippen LogP contribution in [0.25, 0.3) is 0 Å². The van der Waals surface area contributed by atoms with Crippen LogP contribution in [0.5, 0.6) is 0 Å². The molecule has 2 heterocycles. The average molecular weight is 357 g/mol. The molecule has 21 heavy (non-hydrogen) atoms. The van der Waals surface area contributed by atoms with E-state index in [-0.39, 0.29) is 5.56 Å². The molecule has 2 N–H and O–H groups in total. The van der Waals surface area contributed by atoms with Gasteiger partial charge in [0.2, 0.25) is 0 Å². The lowest BCUT2D eigenvalue weighted by Gasteiger charge is -2.37. The van der Waals surface area contributed by atoms with Crippen LogP contribution in [0.15, 0.2) is 15.5 Å². The number of piperidine rings is 1. The van der Waals surface area contributed by atoms with E-state index >= 15 is 0 Å². The van der Waals surface area contributed by atoms with Gasteiger partial charge in [-0.15, -0.1) is 0 Å². The highest BCUT2D eigenvalue weighted by molar-refractivity contribution is 9.10. The molecule has 0 spiro atoms. The SMILES string of the molecule is CC(C)Cn1ncc(N2CCCCC2CCN)c(Br)c1=O. The Hall–Kier alpha value is -0.880. The Bertz CT molecular complexity index is 527. The molecule has 1 atom stereocenters. The van der Waals surface area contributed by atoms with E-state index in [4.69, 9.17) is 5.73 Å². The van der Waals surface area contributed by atoms with Gasteiger partial charge >= 0.3 is 0 Å². The van der Waals surface area contributed by atoms with Crippen molar-refractivity contribution in [3.05, 3.63) is 21.0 Å².